The summed E-state index contributed by atoms with van der Waals surface area (Å²) in [6.45, 7) is 5.92. The van der Waals surface area contributed by atoms with E-state index >= 15 is 0 Å². The van der Waals surface area contributed by atoms with Gasteiger partial charge in [0.05, 0.1) is 6.42 Å². The summed E-state index contributed by atoms with van der Waals surface area (Å²) in [5.41, 5.74) is 1.78. The van der Waals surface area contributed by atoms with Gasteiger partial charge in [0.1, 0.15) is 6.04 Å². The van der Waals surface area contributed by atoms with Gasteiger partial charge in [-0.1, -0.05) is 51.8 Å². The van der Waals surface area contributed by atoms with Crippen molar-refractivity contribution in [3.63, 3.8) is 0 Å². The molecule has 2 aromatic rings. The summed E-state index contributed by atoms with van der Waals surface area (Å²) in [7, 11) is 0. The Kier molecular flexibility index (Phi) is 7.87. The maximum absolute atomic E-state index is 13.0. The molecule has 0 fully saturated rings. The molecule has 0 spiro atoms. The monoisotopic (exact) mass is 450 g/mol. The smallest absolute Gasteiger partial charge is 0.242 e. The SMILES string of the molecule is CC(C)NC(=O)C(C)N(Cc1ccc(Br)cc1)C(=O)Cc1cccc(Cl)c1. The molecule has 6 heteroatoms. The van der Waals surface area contributed by atoms with Crippen molar-refractivity contribution in [1.82, 2.24) is 10.2 Å². The van der Waals surface area contributed by atoms with Crippen molar-refractivity contribution in [2.24, 2.45) is 0 Å². The van der Waals surface area contributed by atoms with Crippen LogP contribution in [0.3, 0.4) is 0 Å². The predicted octanol–water partition coefficient (Wildman–Crippen LogP) is 4.59. The van der Waals surface area contributed by atoms with E-state index in [0.29, 0.717) is 11.6 Å². The molecule has 1 unspecified atom stereocenters. The van der Waals surface area contributed by atoms with E-state index in [1.807, 2.05) is 50.2 Å². The summed E-state index contributed by atoms with van der Waals surface area (Å²) < 4.78 is 0.966. The lowest BCUT2D eigenvalue weighted by molar-refractivity contribution is -0.140. The minimum Gasteiger partial charge on any atom is -0.352 e. The number of hydrogen-bond acceptors (Lipinski definition) is 2. The van der Waals surface area contributed by atoms with Gasteiger partial charge in [-0.3, -0.25) is 9.59 Å². The van der Waals surface area contributed by atoms with Crippen LogP contribution < -0.4 is 5.32 Å². The molecule has 0 saturated carbocycles. The van der Waals surface area contributed by atoms with Gasteiger partial charge in [0.15, 0.2) is 0 Å². The fraction of sp³-hybridized carbons (Fsp3) is 0.333. The van der Waals surface area contributed by atoms with Crippen LogP contribution in [0.25, 0.3) is 0 Å². The van der Waals surface area contributed by atoms with Crippen LogP contribution in [0.4, 0.5) is 0 Å². The standard InChI is InChI=1S/C21H24BrClN2O2/c1-14(2)24-21(27)15(3)25(13-16-7-9-18(22)10-8-16)20(26)12-17-5-4-6-19(23)11-17/h4-11,14-15H,12-13H2,1-3H3,(H,24,27). The first-order chi connectivity index (χ1) is 12.8. The van der Waals surface area contributed by atoms with Crippen LogP contribution in [-0.4, -0.2) is 28.8 Å². The van der Waals surface area contributed by atoms with Gasteiger partial charge in [0.2, 0.25) is 11.8 Å². The number of nitrogens with zero attached hydrogens (tertiary/aromatic N) is 1. The van der Waals surface area contributed by atoms with Crippen LogP contribution in [0.2, 0.25) is 5.02 Å². The highest BCUT2D eigenvalue weighted by Gasteiger charge is 2.26. The van der Waals surface area contributed by atoms with Gasteiger partial charge in [0.25, 0.3) is 0 Å². The van der Waals surface area contributed by atoms with Crippen LogP contribution >= 0.6 is 27.5 Å². The number of halogens is 2. The fourth-order valence-corrected chi connectivity index (χ4v) is 3.17. The maximum Gasteiger partial charge on any atom is 0.242 e. The van der Waals surface area contributed by atoms with E-state index in [9.17, 15) is 9.59 Å². The summed E-state index contributed by atoms with van der Waals surface area (Å²) in [5.74, 6) is -0.284. The molecule has 0 saturated heterocycles. The number of carbonyl (C=O) groups is 2. The van der Waals surface area contributed by atoms with E-state index in [0.717, 1.165) is 15.6 Å². The van der Waals surface area contributed by atoms with Gasteiger partial charge in [-0.2, -0.15) is 0 Å². The van der Waals surface area contributed by atoms with E-state index in [2.05, 4.69) is 21.2 Å². The summed E-state index contributed by atoms with van der Waals surface area (Å²) in [4.78, 5) is 27.2. The lowest BCUT2D eigenvalue weighted by Gasteiger charge is -2.29. The minimum absolute atomic E-state index is 0.0116. The van der Waals surface area contributed by atoms with Gasteiger partial charge in [-0.15, -0.1) is 0 Å². The number of hydrogen-bond donors (Lipinski definition) is 1. The number of nitrogens with one attached hydrogen (secondary N) is 1. The largest absolute Gasteiger partial charge is 0.352 e. The van der Waals surface area contributed by atoms with E-state index in [-0.39, 0.29) is 24.3 Å². The van der Waals surface area contributed by atoms with Crippen molar-refractivity contribution in [2.75, 3.05) is 0 Å². The van der Waals surface area contributed by atoms with E-state index in [1.165, 1.54) is 0 Å². The third kappa shape index (κ3) is 6.67. The van der Waals surface area contributed by atoms with Crippen LogP contribution in [0.15, 0.2) is 53.0 Å². The maximum atomic E-state index is 13.0. The summed E-state index contributed by atoms with van der Waals surface area (Å²) in [6, 6.07) is 14.4. The highest BCUT2D eigenvalue weighted by atomic mass is 79.9. The Balaban J connectivity index is 2.22. The first-order valence-electron chi connectivity index (χ1n) is 8.85. The highest BCUT2D eigenvalue weighted by Crippen LogP contribution is 2.17. The van der Waals surface area contributed by atoms with Gasteiger partial charge < -0.3 is 10.2 Å². The quantitative estimate of drug-likeness (QED) is 0.669. The Morgan fingerprint density at radius 1 is 1.07 bits per heavy atom. The Morgan fingerprint density at radius 3 is 2.33 bits per heavy atom. The molecule has 0 radical (unpaired) electrons. The molecule has 4 nitrogen and oxygen atoms in total. The molecule has 2 aromatic carbocycles. The molecular weight excluding hydrogens is 428 g/mol. The van der Waals surface area contributed by atoms with Crippen LogP contribution in [0.5, 0.6) is 0 Å². The zero-order valence-electron chi connectivity index (χ0n) is 15.7. The molecule has 27 heavy (non-hydrogen) atoms. The van der Waals surface area contributed by atoms with Crippen LogP contribution in [0, 0.1) is 0 Å². The number of rotatable bonds is 7. The van der Waals surface area contributed by atoms with E-state index in [1.54, 1.807) is 24.0 Å². The number of benzene rings is 2. The zero-order valence-corrected chi connectivity index (χ0v) is 18.0. The lowest BCUT2D eigenvalue weighted by atomic mass is 10.1. The second-order valence-electron chi connectivity index (χ2n) is 6.79. The zero-order chi connectivity index (χ0) is 20.0. The third-order valence-electron chi connectivity index (χ3n) is 4.11. The Labute approximate surface area is 174 Å². The van der Waals surface area contributed by atoms with E-state index < -0.39 is 6.04 Å². The Morgan fingerprint density at radius 2 is 1.74 bits per heavy atom. The molecule has 0 aliphatic rings. The topological polar surface area (TPSA) is 49.4 Å². The molecule has 0 aliphatic heterocycles. The normalized spacial score (nSPS) is 11.9. The van der Waals surface area contributed by atoms with Crippen molar-refractivity contribution in [3.05, 3.63) is 69.2 Å². The molecule has 144 valence electrons. The summed E-state index contributed by atoms with van der Waals surface area (Å²) in [6.07, 6.45) is 0.191. The number of amides is 2. The Hall–Kier alpha value is -1.85. The van der Waals surface area contributed by atoms with Gasteiger partial charge >= 0.3 is 0 Å². The van der Waals surface area contributed by atoms with Crippen molar-refractivity contribution in [1.29, 1.82) is 0 Å². The molecule has 0 heterocycles. The molecule has 2 rings (SSSR count). The minimum atomic E-state index is -0.581. The van der Waals surface area contributed by atoms with Crippen LogP contribution in [0.1, 0.15) is 31.9 Å². The van der Waals surface area contributed by atoms with Gasteiger partial charge in [-0.25, -0.2) is 0 Å². The fourth-order valence-electron chi connectivity index (χ4n) is 2.70. The van der Waals surface area contributed by atoms with Crippen molar-refractivity contribution in [2.45, 2.75) is 45.8 Å². The van der Waals surface area contributed by atoms with Crippen LogP contribution in [-0.2, 0) is 22.6 Å². The second-order valence-corrected chi connectivity index (χ2v) is 8.15. The second kappa shape index (κ2) is 9.90. The third-order valence-corrected chi connectivity index (χ3v) is 4.87. The molecular formula is C21H24BrClN2O2. The van der Waals surface area contributed by atoms with Crippen molar-refractivity contribution in [3.8, 4) is 0 Å². The lowest BCUT2D eigenvalue weighted by Crippen LogP contribution is -2.49. The number of carbonyl (C=O) groups excluding carboxylic acids is 2. The van der Waals surface area contributed by atoms with E-state index in [4.69, 9.17) is 11.6 Å². The molecule has 0 bridgehead atoms. The van der Waals surface area contributed by atoms with Crippen molar-refractivity contribution >= 4 is 39.3 Å². The van der Waals surface area contributed by atoms with Gasteiger partial charge in [-0.05, 0) is 56.2 Å². The average Bonchev–Trinajstić information content (AvgIpc) is 2.60. The summed E-state index contributed by atoms with van der Waals surface area (Å²) in [5, 5.41) is 3.47. The summed E-state index contributed by atoms with van der Waals surface area (Å²) >= 11 is 9.44. The highest BCUT2D eigenvalue weighted by molar-refractivity contribution is 9.10. The molecule has 0 aromatic heterocycles. The van der Waals surface area contributed by atoms with Gasteiger partial charge in [0, 0.05) is 22.1 Å². The predicted molar refractivity (Wildman–Crippen MR) is 113 cm³/mol. The first-order valence-corrected chi connectivity index (χ1v) is 10.0. The van der Waals surface area contributed by atoms with Crippen molar-refractivity contribution < 1.29 is 9.59 Å². The molecule has 2 amide bonds. The molecule has 1 atom stereocenters. The Bertz CT molecular complexity index is 793. The molecule has 1 N–H and O–H groups in total. The average molecular weight is 452 g/mol. The molecule has 0 aliphatic carbocycles. The first kappa shape index (κ1) is 21.5.